The standard InChI is InChI=1S/C19H37N5O2/c1-7-20-17(22-13-12-21-15(25)18(2,3)4)23-14-19(10-8-9-11-19)16(26)24(5)6/h7-14H2,1-6H3,(H,21,25)(H2,20,22,23). The number of hydrogen-bond acceptors (Lipinski definition) is 3. The van der Waals surface area contributed by atoms with Crippen LogP contribution in [0.15, 0.2) is 4.99 Å². The molecular formula is C19H37N5O2. The molecule has 26 heavy (non-hydrogen) atoms. The Hall–Kier alpha value is -1.79. The molecule has 0 bridgehead atoms. The van der Waals surface area contributed by atoms with Gasteiger partial charge in [-0.1, -0.05) is 33.6 Å². The third kappa shape index (κ3) is 6.50. The van der Waals surface area contributed by atoms with E-state index in [0.717, 1.165) is 32.2 Å². The quantitative estimate of drug-likeness (QED) is 0.360. The number of hydrogen-bond donors (Lipinski definition) is 3. The van der Waals surface area contributed by atoms with Gasteiger partial charge in [0.25, 0.3) is 0 Å². The van der Waals surface area contributed by atoms with E-state index < -0.39 is 0 Å². The minimum absolute atomic E-state index is 0.0303. The number of nitrogens with zero attached hydrogens (tertiary/aromatic N) is 2. The number of guanidine groups is 1. The summed E-state index contributed by atoms with van der Waals surface area (Å²) in [5, 5.41) is 9.36. The minimum Gasteiger partial charge on any atom is -0.357 e. The Morgan fingerprint density at radius 3 is 2.12 bits per heavy atom. The first kappa shape index (κ1) is 22.3. The Morgan fingerprint density at radius 1 is 1.04 bits per heavy atom. The summed E-state index contributed by atoms with van der Waals surface area (Å²) in [7, 11) is 3.63. The summed E-state index contributed by atoms with van der Waals surface area (Å²) in [6.45, 7) is 10.0. The van der Waals surface area contributed by atoms with Gasteiger partial charge in [-0.15, -0.1) is 0 Å². The maximum absolute atomic E-state index is 12.6. The number of carbonyl (C=O) groups excluding carboxylic acids is 2. The second kappa shape index (κ2) is 9.78. The van der Waals surface area contributed by atoms with Gasteiger partial charge in [-0.2, -0.15) is 0 Å². The Bertz CT molecular complexity index is 503. The number of rotatable bonds is 7. The predicted molar refractivity (Wildman–Crippen MR) is 106 cm³/mol. The van der Waals surface area contributed by atoms with Gasteiger partial charge in [-0.3, -0.25) is 14.6 Å². The zero-order valence-corrected chi connectivity index (χ0v) is 17.4. The van der Waals surface area contributed by atoms with Gasteiger partial charge in [0.15, 0.2) is 5.96 Å². The summed E-state index contributed by atoms with van der Waals surface area (Å²) in [5.41, 5.74) is -0.758. The number of nitrogens with one attached hydrogen (secondary N) is 3. The van der Waals surface area contributed by atoms with Crippen LogP contribution in [0.25, 0.3) is 0 Å². The van der Waals surface area contributed by atoms with E-state index in [4.69, 9.17) is 0 Å². The molecule has 0 heterocycles. The lowest BCUT2D eigenvalue weighted by molar-refractivity contribution is -0.138. The predicted octanol–water partition coefficient (Wildman–Crippen LogP) is 1.35. The third-order valence-electron chi connectivity index (χ3n) is 4.69. The molecule has 3 N–H and O–H groups in total. The Morgan fingerprint density at radius 2 is 1.62 bits per heavy atom. The first-order valence-corrected chi connectivity index (χ1v) is 9.64. The Balaban J connectivity index is 2.62. The van der Waals surface area contributed by atoms with Gasteiger partial charge in [-0.05, 0) is 19.8 Å². The van der Waals surface area contributed by atoms with Crippen molar-refractivity contribution in [1.29, 1.82) is 0 Å². The van der Waals surface area contributed by atoms with Crippen LogP contribution in [0.5, 0.6) is 0 Å². The summed E-state index contributed by atoms with van der Waals surface area (Å²) in [6, 6.07) is 0. The van der Waals surface area contributed by atoms with Crippen LogP contribution in [0.1, 0.15) is 53.4 Å². The molecule has 1 rings (SSSR count). The number of aliphatic imine (C=N–C) groups is 1. The summed E-state index contributed by atoms with van der Waals surface area (Å²) < 4.78 is 0. The van der Waals surface area contributed by atoms with Crippen molar-refractivity contribution in [2.24, 2.45) is 15.8 Å². The molecule has 0 radical (unpaired) electrons. The number of carbonyl (C=O) groups is 2. The highest BCUT2D eigenvalue weighted by Gasteiger charge is 2.42. The molecule has 7 heteroatoms. The topological polar surface area (TPSA) is 85.8 Å². The van der Waals surface area contributed by atoms with Crippen molar-refractivity contribution < 1.29 is 9.59 Å². The average Bonchev–Trinajstić information content (AvgIpc) is 3.04. The van der Waals surface area contributed by atoms with Crippen LogP contribution in [0.3, 0.4) is 0 Å². The van der Waals surface area contributed by atoms with Gasteiger partial charge in [0, 0.05) is 39.1 Å². The fourth-order valence-corrected chi connectivity index (χ4v) is 3.16. The third-order valence-corrected chi connectivity index (χ3v) is 4.69. The fourth-order valence-electron chi connectivity index (χ4n) is 3.16. The highest BCUT2D eigenvalue weighted by molar-refractivity contribution is 5.84. The lowest BCUT2D eigenvalue weighted by atomic mass is 9.85. The fraction of sp³-hybridized carbons (Fsp3) is 0.842. The Labute approximate surface area is 158 Å². The van der Waals surface area contributed by atoms with Crippen molar-refractivity contribution in [1.82, 2.24) is 20.9 Å². The molecule has 1 aliphatic rings. The van der Waals surface area contributed by atoms with Crippen molar-refractivity contribution in [3.8, 4) is 0 Å². The highest BCUT2D eigenvalue weighted by atomic mass is 16.2. The maximum atomic E-state index is 12.6. The zero-order chi connectivity index (χ0) is 19.8. The summed E-state index contributed by atoms with van der Waals surface area (Å²) in [4.78, 5) is 30.9. The van der Waals surface area contributed by atoms with Crippen molar-refractivity contribution in [3.63, 3.8) is 0 Å². The van der Waals surface area contributed by atoms with Gasteiger partial charge in [0.1, 0.15) is 0 Å². The monoisotopic (exact) mass is 367 g/mol. The molecule has 0 atom stereocenters. The minimum atomic E-state index is -0.389. The largest absolute Gasteiger partial charge is 0.357 e. The molecule has 1 fully saturated rings. The van der Waals surface area contributed by atoms with E-state index in [-0.39, 0.29) is 22.6 Å². The van der Waals surface area contributed by atoms with Crippen LogP contribution in [0.4, 0.5) is 0 Å². The zero-order valence-electron chi connectivity index (χ0n) is 17.4. The lowest BCUT2D eigenvalue weighted by Crippen LogP contribution is -2.45. The first-order valence-electron chi connectivity index (χ1n) is 9.64. The molecule has 0 aliphatic heterocycles. The normalized spacial score (nSPS) is 16.9. The molecule has 150 valence electrons. The molecule has 1 aliphatic carbocycles. The molecule has 0 aromatic rings. The van der Waals surface area contributed by atoms with Crippen LogP contribution < -0.4 is 16.0 Å². The van der Waals surface area contributed by atoms with E-state index in [1.807, 2.05) is 41.8 Å². The van der Waals surface area contributed by atoms with Crippen molar-refractivity contribution in [2.45, 2.75) is 53.4 Å². The van der Waals surface area contributed by atoms with E-state index in [2.05, 4.69) is 20.9 Å². The molecule has 7 nitrogen and oxygen atoms in total. The van der Waals surface area contributed by atoms with Crippen LogP contribution >= 0.6 is 0 Å². The first-order chi connectivity index (χ1) is 12.1. The molecule has 0 saturated heterocycles. The summed E-state index contributed by atoms with van der Waals surface area (Å²) >= 11 is 0. The van der Waals surface area contributed by atoms with Gasteiger partial charge in [0.2, 0.25) is 11.8 Å². The van der Waals surface area contributed by atoms with E-state index in [0.29, 0.717) is 25.6 Å². The molecule has 0 aromatic carbocycles. The lowest BCUT2D eigenvalue weighted by Gasteiger charge is -2.29. The smallest absolute Gasteiger partial charge is 0.230 e. The van der Waals surface area contributed by atoms with E-state index >= 15 is 0 Å². The van der Waals surface area contributed by atoms with Crippen LogP contribution in [0.2, 0.25) is 0 Å². The molecule has 2 amide bonds. The molecule has 1 saturated carbocycles. The molecular weight excluding hydrogens is 330 g/mol. The summed E-state index contributed by atoms with van der Waals surface area (Å²) in [6.07, 6.45) is 3.96. The SMILES string of the molecule is CCNC(=NCC1(C(=O)N(C)C)CCCC1)NCCNC(=O)C(C)(C)C. The molecule has 0 aromatic heterocycles. The molecule has 0 unspecified atom stereocenters. The summed E-state index contributed by atoms with van der Waals surface area (Å²) in [5.74, 6) is 0.894. The van der Waals surface area contributed by atoms with Gasteiger partial charge >= 0.3 is 0 Å². The highest BCUT2D eigenvalue weighted by Crippen LogP contribution is 2.39. The van der Waals surface area contributed by atoms with Crippen LogP contribution in [-0.2, 0) is 9.59 Å². The van der Waals surface area contributed by atoms with Crippen LogP contribution in [-0.4, -0.2) is 62.9 Å². The van der Waals surface area contributed by atoms with E-state index in [9.17, 15) is 9.59 Å². The van der Waals surface area contributed by atoms with E-state index in [1.54, 1.807) is 4.90 Å². The van der Waals surface area contributed by atoms with Crippen LogP contribution in [0, 0.1) is 10.8 Å². The second-order valence-electron chi connectivity index (χ2n) is 8.31. The van der Waals surface area contributed by atoms with Gasteiger partial charge < -0.3 is 20.9 Å². The Kier molecular flexibility index (Phi) is 8.37. The van der Waals surface area contributed by atoms with E-state index in [1.165, 1.54) is 0 Å². The van der Waals surface area contributed by atoms with Gasteiger partial charge in [-0.25, -0.2) is 0 Å². The van der Waals surface area contributed by atoms with Crippen molar-refractivity contribution in [3.05, 3.63) is 0 Å². The van der Waals surface area contributed by atoms with Gasteiger partial charge in [0.05, 0.1) is 12.0 Å². The van der Waals surface area contributed by atoms with Crippen molar-refractivity contribution in [2.75, 3.05) is 40.3 Å². The number of amides is 2. The second-order valence-corrected chi connectivity index (χ2v) is 8.31. The maximum Gasteiger partial charge on any atom is 0.230 e. The average molecular weight is 368 g/mol. The molecule has 0 spiro atoms. The van der Waals surface area contributed by atoms with Crippen molar-refractivity contribution >= 4 is 17.8 Å².